The van der Waals surface area contributed by atoms with Crippen molar-refractivity contribution in [2.24, 2.45) is 0 Å². The van der Waals surface area contributed by atoms with E-state index in [1.54, 1.807) is 6.07 Å². The minimum absolute atomic E-state index is 0.109. The quantitative estimate of drug-likeness (QED) is 0.806. The van der Waals surface area contributed by atoms with Gasteiger partial charge in [0.25, 0.3) is 0 Å². The van der Waals surface area contributed by atoms with E-state index in [0.717, 1.165) is 9.25 Å². The molecule has 8 heteroatoms. The number of amides is 1. The van der Waals surface area contributed by atoms with Gasteiger partial charge in [0.2, 0.25) is 0 Å². The Bertz CT molecular complexity index is 784. The summed E-state index contributed by atoms with van der Waals surface area (Å²) in [4.78, 5) is 25.4. The maximum absolute atomic E-state index is 12.9. The summed E-state index contributed by atoms with van der Waals surface area (Å²) in [6, 6.07) is 6.61. The molecule has 0 bridgehead atoms. The smallest absolute Gasteiger partial charge is 0.286 e. The van der Waals surface area contributed by atoms with E-state index in [4.69, 9.17) is 5.26 Å². The number of hydrogen-bond donors (Lipinski definition) is 0. The van der Waals surface area contributed by atoms with Crippen LogP contribution in [0.2, 0.25) is 0 Å². The fourth-order valence-corrected chi connectivity index (χ4v) is 2.07. The van der Waals surface area contributed by atoms with Crippen molar-refractivity contribution < 1.29 is 9.18 Å². The summed E-state index contributed by atoms with van der Waals surface area (Å²) in [5.74, 6) is -0.144. The van der Waals surface area contributed by atoms with Crippen molar-refractivity contribution >= 4 is 11.7 Å². The highest BCUT2D eigenvalue weighted by Gasteiger charge is 2.33. The van der Waals surface area contributed by atoms with Crippen molar-refractivity contribution in [1.82, 2.24) is 14.3 Å². The molecule has 1 aromatic heterocycles. The van der Waals surface area contributed by atoms with Gasteiger partial charge in [-0.15, -0.1) is 0 Å². The molecule has 1 aliphatic rings. The Morgan fingerprint density at radius 2 is 2.00 bits per heavy atom. The number of anilines is 1. The first-order valence-electron chi connectivity index (χ1n) is 5.75. The van der Waals surface area contributed by atoms with Gasteiger partial charge in [-0.1, -0.05) is 0 Å². The van der Waals surface area contributed by atoms with Crippen LogP contribution >= 0.6 is 0 Å². The van der Waals surface area contributed by atoms with Gasteiger partial charge in [0, 0.05) is 5.69 Å². The minimum atomic E-state index is -0.642. The molecule has 100 valence electrons. The summed E-state index contributed by atoms with van der Waals surface area (Å²) in [6.07, 6.45) is 0. The number of aromatic nitrogens is 3. The number of halogens is 1. The van der Waals surface area contributed by atoms with E-state index in [1.807, 2.05) is 0 Å². The molecule has 0 radical (unpaired) electrons. The maximum Gasteiger partial charge on any atom is 0.355 e. The third-order valence-corrected chi connectivity index (χ3v) is 2.99. The first-order chi connectivity index (χ1) is 9.61. The number of fused-ring (bicyclic) bond motifs is 1. The summed E-state index contributed by atoms with van der Waals surface area (Å²) in [5, 5.41) is 12.5. The molecule has 0 atom stereocenters. The first-order valence-corrected chi connectivity index (χ1v) is 5.75. The van der Waals surface area contributed by atoms with E-state index < -0.39 is 17.5 Å². The molecule has 0 aliphatic carbocycles. The Morgan fingerprint density at radius 3 is 2.60 bits per heavy atom. The zero-order valence-corrected chi connectivity index (χ0v) is 10.2. The highest BCUT2D eigenvalue weighted by atomic mass is 19.1. The predicted molar refractivity (Wildman–Crippen MR) is 65.5 cm³/mol. The minimum Gasteiger partial charge on any atom is -0.286 e. The molecule has 2 aromatic rings. The summed E-state index contributed by atoms with van der Waals surface area (Å²) in [6.45, 7) is -0.0964. The maximum atomic E-state index is 12.9. The monoisotopic (exact) mass is 273 g/mol. The van der Waals surface area contributed by atoms with Crippen LogP contribution < -0.4 is 10.6 Å². The van der Waals surface area contributed by atoms with E-state index in [-0.39, 0.29) is 18.9 Å². The normalized spacial score (nSPS) is 13.4. The Morgan fingerprint density at radius 1 is 1.30 bits per heavy atom. The molecule has 0 saturated heterocycles. The molecule has 3 rings (SSSR count). The Balaban J connectivity index is 1.98. The van der Waals surface area contributed by atoms with Crippen molar-refractivity contribution in [3.63, 3.8) is 0 Å². The molecule has 0 spiro atoms. The van der Waals surface area contributed by atoms with Gasteiger partial charge in [-0.2, -0.15) is 19.6 Å². The van der Waals surface area contributed by atoms with Crippen molar-refractivity contribution in [3.8, 4) is 6.07 Å². The third kappa shape index (κ3) is 1.68. The van der Waals surface area contributed by atoms with E-state index in [9.17, 15) is 14.0 Å². The fraction of sp³-hybridized carbons (Fsp3) is 0.167. The van der Waals surface area contributed by atoms with Crippen LogP contribution in [0.1, 0.15) is 5.82 Å². The van der Waals surface area contributed by atoms with Gasteiger partial charge in [0.05, 0.1) is 12.6 Å². The molecule has 2 heterocycles. The molecule has 1 amide bonds. The Labute approximate surface area is 112 Å². The summed E-state index contributed by atoms with van der Waals surface area (Å²) in [5.41, 5.74) is -0.163. The molecule has 7 nitrogen and oxygen atoms in total. The van der Waals surface area contributed by atoms with Crippen LogP contribution in [0.5, 0.6) is 0 Å². The lowest BCUT2D eigenvalue weighted by Crippen LogP contribution is -2.34. The standard InChI is InChI=1S/C12H8FN5O2/c13-8-1-3-9(4-2-8)16-7-10-15-17(6-5-14)12(20)18(10)11(16)19/h1-4H,6-7H2. The van der Waals surface area contributed by atoms with Crippen molar-refractivity contribution in [1.29, 1.82) is 5.26 Å². The third-order valence-electron chi connectivity index (χ3n) is 2.99. The lowest BCUT2D eigenvalue weighted by atomic mass is 10.3. The first kappa shape index (κ1) is 12.1. The Hall–Kier alpha value is -2.95. The zero-order chi connectivity index (χ0) is 14.3. The van der Waals surface area contributed by atoms with Crippen molar-refractivity contribution in [3.05, 3.63) is 46.4 Å². The lowest BCUT2D eigenvalue weighted by Gasteiger charge is -2.14. The van der Waals surface area contributed by atoms with Crippen LogP contribution in [0.15, 0.2) is 29.1 Å². The molecule has 1 aliphatic heterocycles. The molecular formula is C12H8FN5O2. The number of nitriles is 1. The van der Waals surface area contributed by atoms with Crippen LogP contribution in [-0.4, -0.2) is 20.4 Å². The number of benzene rings is 1. The van der Waals surface area contributed by atoms with Gasteiger partial charge in [0.1, 0.15) is 12.4 Å². The van der Waals surface area contributed by atoms with Crippen molar-refractivity contribution in [2.45, 2.75) is 13.1 Å². The molecule has 1 aromatic carbocycles. The van der Waals surface area contributed by atoms with E-state index in [0.29, 0.717) is 5.69 Å². The number of hydrogen-bond acceptors (Lipinski definition) is 4. The summed E-state index contributed by atoms with van der Waals surface area (Å²) < 4.78 is 14.7. The highest BCUT2D eigenvalue weighted by molar-refractivity contribution is 5.95. The molecule has 0 fully saturated rings. The molecular weight excluding hydrogens is 265 g/mol. The second kappa shape index (κ2) is 4.31. The van der Waals surface area contributed by atoms with E-state index in [1.165, 1.54) is 29.2 Å². The SMILES string of the molecule is N#CCn1nc2n(c1=O)C(=O)N(c1ccc(F)cc1)C2. The van der Waals surface area contributed by atoms with E-state index >= 15 is 0 Å². The topological polar surface area (TPSA) is 83.9 Å². The number of carbonyl (C=O) groups is 1. The van der Waals surface area contributed by atoms with Crippen LogP contribution in [0, 0.1) is 17.1 Å². The lowest BCUT2D eigenvalue weighted by molar-refractivity contribution is 0.250. The fourth-order valence-electron chi connectivity index (χ4n) is 2.07. The van der Waals surface area contributed by atoms with E-state index in [2.05, 4.69) is 5.10 Å². The number of rotatable bonds is 2. The molecule has 20 heavy (non-hydrogen) atoms. The van der Waals surface area contributed by atoms with Gasteiger partial charge >= 0.3 is 11.7 Å². The van der Waals surface area contributed by atoms with Gasteiger partial charge in [-0.3, -0.25) is 4.90 Å². The van der Waals surface area contributed by atoms with Crippen LogP contribution in [-0.2, 0) is 13.1 Å². The van der Waals surface area contributed by atoms with Crippen molar-refractivity contribution in [2.75, 3.05) is 4.90 Å². The van der Waals surface area contributed by atoms with Crippen LogP contribution in [0.3, 0.4) is 0 Å². The summed E-state index contributed by atoms with van der Waals surface area (Å²) >= 11 is 0. The predicted octanol–water partition coefficient (Wildman–Crippen LogP) is 0.696. The average Bonchev–Trinajstić information content (AvgIpc) is 2.90. The zero-order valence-electron chi connectivity index (χ0n) is 10.2. The van der Waals surface area contributed by atoms with Gasteiger partial charge < -0.3 is 0 Å². The van der Waals surface area contributed by atoms with Crippen LogP contribution in [0.4, 0.5) is 14.9 Å². The number of nitrogens with zero attached hydrogens (tertiary/aromatic N) is 5. The largest absolute Gasteiger partial charge is 0.355 e. The van der Waals surface area contributed by atoms with Crippen LogP contribution in [0.25, 0.3) is 0 Å². The Kier molecular flexibility index (Phi) is 2.61. The molecule has 0 saturated carbocycles. The summed E-state index contributed by atoms with van der Waals surface area (Å²) in [7, 11) is 0. The molecule has 0 unspecified atom stereocenters. The second-order valence-corrected chi connectivity index (χ2v) is 4.20. The van der Waals surface area contributed by atoms with Gasteiger partial charge in [-0.05, 0) is 24.3 Å². The highest BCUT2D eigenvalue weighted by Crippen LogP contribution is 2.22. The van der Waals surface area contributed by atoms with Gasteiger partial charge in [-0.25, -0.2) is 14.0 Å². The molecule has 0 N–H and O–H groups in total. The van der Waals surface area contributed by atoms with Gasteiger partial charge in [0.15, 0.2) is 5.82 Å². The second-order valence-electron chi connectivity index (χ2n) is 4.20. The number of carbonyl (C=O) groups excluding carboxylic acids is 1. The average molecular weight is 273 g/mol.